The predicted octanol–water partition coefficient (Wildman–Crippen LogP) is 3.68. The average molecular weight is 306 g/mol. The molecule has 0 bridgehead atoms. The van der Waals surface area contributed by atoms with Crippen LogP contribution in [-0.2, 0) is 6.42 Å². The highest BCUT2D eigenvalue weighted by Crippen LogP contribution is 2.25. The van der Waals surface area contributed by atoms with Crippen molar-refractivity contribution < 1.29 is 14.5 Å². The molecule has 0 fully saturated rings. The summed E-state index contributed by atoms with van der Waals surface area (Å²) in [5, 5.41) is 11.2. The maximum Gasteiger partial charge on any atom is 0.272 e. The zero-order valence-electron chi connectivity index (χ0n) is 11.0. The zero-order chi connectivity index (χ0) is 15.2. The van der Waals surface area contributed by atoms with E-state index in [-0.39, 0.29) is 17.9 Å². The van der Waals surface area contributed by atoms with E-state index in [9.17, 15) is 14.9 Å². The number of benzene rings is 2. The lowest BCUT2D eigenvalue weighted by Crippen LogP contribution is -2.05. The lowest BCUT2D eigenvalue weighted by atomic mass is 10.1. The van der Waals surface area contributed by atoms with E-state index >= 15 is 0 Å². The number of aldehydes is 1. The lowest BCUT2D eigenvalue weighted by Gasteiger charge is -2.09. The monoisotopic (exact) mass is 305 g/mol. The Morgan fingerprint density at radius 2 is 1.95 bits per heavy atom. The van der Waals surface area contributed by atoms with E-state index in [1.807, 2.05) is 0 Å². The van der Waals surface area contributed by atoms with Crippen LogP contribution in [0.15, 0.2) is 42.5 Å². The van der Waals surface area contributed by atoms with Crippen molar-refractivity contribution in [3.05, 3.63) is 68.7 Å². The molecule has 0 aromatic heterocycles. The molecule has 0 radical (unpaired) electrons. The molecule has 2 aromatic carbocycles. The Balaban J connectivity index is 2.07. The summed E-state index contributed by atoms with van der Waals surface area (Å²) in [6, 6.07) is 11.4. The number of hydrogen-bond donors (Lipinski definition) is 0. The topological polar surface area (TPSA) is 69.4 Å². The maximum absolute atomic E-state index is 11.0. The molecule has 108 valence electrons. The molecule has 0 atom stereocenters. The van der Waals surface area contributed by atoms with Crippen molar-refractivity contribution in [2.75, 3.05) is 6.61 Å². The highest BCUT2D eigenvalue weighted by Gasteiger charge is 2.13. The van der Waals surface area contributed by atoms with Crippen LogP contribution in [0.25, 0.3) is 0 Å². The fraction of sp³-hybridized carbons (Fsp3) is 0.133. The molecule has 0 aliphatic rings. The summed E-state index contributed by atoms with van der Waals surface area (Å²) < 4.78 is 5.51. The Morgan fingerprint density at radius 3 is 2.67 bits per heavy atom. The normalized spacial score (nSPS) is 10.1. The summed E-state index contributed by atoms with van der Waals surface area (Å²) in [6.45, 7) is 0.214. The van der Waals surface area contributed by atoms with Crippen LogP contribution in [0, 0.1) is 10.1 Å². The van der Waals surface area contributed by atoms with E-state index in [1.165, 1.54) is 6.07 Å². The van der Waals surface area contributed by atoms with E-state index in [2.05, 4.69) is 0 Å². The summed E-state index contributed by atoms with van der Waals surface area (Å²) in [5.74, 6) is 0.371. The molecule has 0 unspecified atom stereocenters. The van der Waals surface area contributed by atoms with Crippen molar-refractivity contribution in [3.8, 4) is 5.75 Å². The standard InChI is InChI=1S/C15H12ClNO4/c16-13-5-3-7-15(12(13)10-18)21-9-8-11-4-1-2-6-14(11)17(19)20/h1-7,10H,8-9H2. The largest absolute Gasteiger partial charge is 0.492 e. The minimum atomic E-state index is -0.425. The number of hydrogen-bond acceptors (Lipinski definition) is 4. The van der Waals surface area contributed by atoms with Crippen molar-refractivity contribution >= 4 is 23.6 Å². The van der Waals surface area contributed by atoms with Gasteiger partial charge >= 0.3 is 0 Å². The molecule has 6 heteroatoms. The highest BCUT2D eigenvalue weighted by molar-refractivity contribution is 6.33. The first-order valence-electron chi connectivity index (χ1n) is 6.22. The van der Waals surface area contributed by atoms with Crippen LogP contribution in [-0.4, -0.2) is 17.8 Å². The highest BCUT2D eigenvalue weighted by atomic mass is 35.5. The van der Waals surface area contributed by atoms with E-state index in [0.29, 0.717) is 29.0 Å². The Hall–Kier alpha value is -2.40. The van der Waals surface area contributed by atoms with Gasteiger partial charge in [-0.2, -0.15) is 0 Å². The zero-order valence-corrected chi connectivity index (χ0v) is 11.7. The van der Waals surface area contributed by atoms with Gasteiger partial charge in [-0.05, 0) is 12.1 Å². The molecule has 0 heterocycles. The quantitative estimate of drug-likeness (QED) is 0.464. The van der Waals surface area contributed by atoms with E-state index in [0.717, 1.165) is 0 Å². The fourth-order valence-electron chi connectivity index (χ4n) is 1.93. The first-order chi connectivity index (χ1) is 10.1. The molecule has 5 nitrogen and oxygen atoms in total. The summed E-state index contributed by atoms with van der Waals surface area (Å²) in [5.41, 5.74) is 0.918. The van der Waals surface area contributed by atoms with Gasteiger partial charge in [-0.3, -0.25) is 14.9 Å². The summed E-state index contributed by atoms with van der Waals surface area (Å²) in [4.78, 5) is 21.4. The first-order valence-corrected chi connectivity index (χ1v) is 6.60. The summed E-state index contributed by atoms with van der Waals surface area (Å²) >= 11 is 5.89. The Bertz CT molecular complexity index is 672. The maximum atomic E-state index is 11.0. The minimum Gasteiger partial charge on any atom is -0.492 e. The Kier molecular flexibility index (Phi) is 4.90. The van der Waals surface area contributed by atoms with Crippen LogP contribution in [0.5, 0.6) is 5.75 Å². The van der Waals surface area contributed by atoms with Crippen molar-refractivity contribution in [1.82, 2.24) is 0 Å². The number of para-hydroxylation sites is 1. The lowest BCUT2D eigenvalue weighted by molar-refractivity contribution is -0.385. The number of nitrogens with zero attached hydrogens (tertiary/aromatic N) is 1. The number of nitro groups is 1. The third kappa shape index (κ3) is 3.58. The molecule has 0 amide bonds. The number of rotatable bonds is 6. The van der Waals surface area contributed by atoms with Crippen LogP contribution in [0.3, 0.4) is 0 Å². The van der Waals surface area contributed by atoms with E-state index in [1.54, 1.807) is 36.4 Å². The second-order valence-corrected chi connectivity index (χ2v) is 4.66. The van der Waals surface area contributed by atoms with Crippen molar-refractivity contribution in [1.29, 1.82) is 0 Å². The second kappa shape index (κ2) is 6.85. The minimum absolute atomic E-state index is 0.0582. The molecule has 0 spiro atoms. The molecule has 21 heavy (non-hydrogen) atoms. The van der Waals surface area contributed by atoms with Crippen molar-refractivity contribution in [2.45, 2.75) is 6.42 Å². The van der Waals surface area contributed by atoms with E-state index in [4.69, 9.17) is 16.3 Å². The SMILES string of the molecule is O=Cc1c(Cl)cccc1OCCc1ccccc1[N+](=O)[O-]. The number of carbonyl (C=O) groups is 1. The van der Waals surface area contributed by atoms with Crippen LogP contribution in [0.4, 0.5) is 5.69 Å². The summed E-state index contributed by atoms with van der Waals surface area (Å²) in [6.07, 6.45) is 0.991. The van der Waals surface area contributed by atoms with Gasteiger partial charge in [0.2, 0.25) is 0 Å². The molecular formula is C15H12ClNO4. The predicted molar refractivity (Wildman–Crippen MR) is 79.1 cm³/mol. The van der Waals surface area contributed by atoms with Crippen LogP contribution >= 0.6 is 11.6 Å². The smallest absolute Gasteiger partial charge is 0.272 e. The van der Waals surface area contributed by atoms with Crippen LogP contribution in [0.1, 0.15) is 15.9 Å². The van der Waals surface area contributed by atoms with E-state index < -0.39 is 4.92 Å². The number of ether oxygens (including phenoxy) is 1. The van der Waals surface area contributed by atoms with Crippen molar-refractivity contribution in [2.24, 2.45) is 0 Å². The molecule has 0 saturated heterocycles. The second-order valence-electron chi connectivity index (χ2n) is 4.25. The number of carbonyl (C=O) groups excluding carboxylic acids is 1. The first kappa shape index (κ1) is 15.0. The number of nitro benzene ring substituents is 1. The van der Waals surface area contributed by atoms with Crippen LogP contribution < -0.4 is 4.74 Å². The summed E-state index contributed by atoms with van der Waals surface area (Å²) in [7, 11) is 0. The fourth-order valence-corrected chi connectivity index (χ4v) is 2.14. The molecule has 0 aliphatic heterocycles. The molecule has 2 rings (SSSR count). The molecule has 2 aromatic rings. The van der Waals surface area contributed by atoms with Gasteiger partial charge in [-0.15, -0.1) is 0 Å². The van der Waals surface area contributed by atoms with Gasteiger partial charge in [0.25, 0.3) is 5.69 Å². The van der Waals surface area contributed by atoms with Gasteiger partial charge in [-0.1, -0.05) is 35.9 Å². The number of halogens is 1. The van der Waals surface area contributed by atoms with Gasteiger partial charge in [-0.25, -0.2) is 0 Å². The van der Waals surface area contributed by atoms with Crippen LogP contribution in [0.2, 0.25) is 5.02 Å². The van der Waals surface area contributed by atoms with Gasteiger partial charge < -0.3 is 4.74 Å². The molecule has 0 N–H and O–H groups in total. The average Bonchev–Trinajstić information content (AvgIpc) is 2.48. The Morgan fingerprint density at radius 1 is 1.19 bits per heavy atom. The van der Waals surface area contributed by atoms with Gasteiger partial charge in [0.05, 0.1) is 22.1 Å². The molecular weight excluding hydrogens is 294 g/mol. The van der Waals surface area contributed by atoms with Gasteiger partial charge in [0, 0.05) is 18.1 Å². The van der Waals surface area contributed by atoms with Gasteiger partial charge in [0.1, 0.15) is 5.75 Å². The third-order valence-electron chi connectivity index (χ3n) is 2.95. The van der Waals surface area contributed by atoms with Gasteiger partial charge in [0.15, 0.2) is 6.29 Å². The molecule has 0 aliphatic carbocycles. The molecule has 0 saturated carbocycles. The Labute approximate surface area is 126 Å². The third-order valence-corrected chi connectivity index (χ3v) is 3.28. The van der Waals surface area contributed by atoms with Crippen molar-refractivity contribution in [3.63, 3.8) is 0 Å².